The summed E-state index contributed by atoms with van der Waals surface area (Å²) >= 11 is 0. The zero-order valence-electron chi connectivity index (χ0n) is 14.0. The lowest BCUT2D eigenvalue weighted by Crippen LogP contribution is -2.47. The van der Waals surface area contributed by atoms with Gasteiger partial charge in [-0.2, -0.15) is 0 Å². The molecule has 1 heterocycles. The topological polar surface area (TPSA) is 96.5 Å². The van der Waals surface area contributed by atoms with E-state index in [9.17, 15) is 13.2 Å². The van der Waals surface area contributed by atoms with E-state index in [1.54, 1.807) is 26.0 Å². The zero-order valence-corrected chi connectivity index (χ0v) is 14.9. The lowest BCUT2D eigenvalue weighted by molar-refractivity contribution is -0.134. The number of rotatable bonds is 7. The molecule has 24 heavy (non-hydrogen) atoms. The molecule has 0 saturated carbocycles. The highest BCUT2D eigenvalue weighted by Crippen LogP contribution is 2.12. The molecule has 1 unspecified atom stereocenters. The summed E-state index contributed by atoms with van der Waals surface area (Å²) in [4.78, 5) is 12.1. The summed E-state index contributed by atoms with van der Waals surface area (Å²) in [6, 6.07) is 7.05. The fourth-order valence-electron chi connectivity index (χ4n) is 2.51. The van der Waals surface area contributed by atoms with Crippen LogP contribution in [0, 0.1) is 0 Å². The molecule has 0 radical (unpaired) electrons. The third kappa shape index (κ3) is 5.86. The minimum atomic E-state index is -3.41. The summed E-state index contributed by atoms with van der Waals surface area (Å²) in [6.45, 7) is 5.57. The molecule has 1 amide bonds. The van der Waals surface area contributed by atoms with Crippen LogP contribution < -0.4 is 15.4 Å². The fourth-order valence-corrected chi connectivity index (χ4v) is 4.00. The second kappa shape index (κ2) is 8.57. The van der Waals surface area contributed by atoms with Crippen molar-refractivity contribution in [1.82, 2.24) is 15.4 Å². The van der Waals surface area contributed by atoms with E-state index in [0.717, 1.165) is 12.1 Å². The van der Waals surface area contributed by atoms with Crippen LogP contribution in [0.4, 0.5) is 0 Å². The molecule has 1 fully saturated rings. The predicted molar refractivity (Wildman–Crippen MR) is 91.8 cm³/mol. The molecule has 134 valence electrons. The molecule has 8 heteroatoms. The molecule has 3 N–H and O–H groups in total. The minimum absolute atomic E-state index is 0.112. The van der Waals surface area contributed by atoms with Crippen molar-refractivity contribution in [2.45, 2.75) is 38.3 Å². The molecule has 1 atom stereocenters. The van der Waals surface area contributed by atoms with E-state index >= 15 is 0 Å². The first-order valence-electron chi connectivity index (χ1n) is 8.04. The molecular formula is C16H25N3O4S. The zero-order chi connectivity index (χ0) is 17.6. The second-order valence-electron chi connectivity index (χ2n) is 6.08. The number of carbonyl (C=O) groups excluding carboxylic acids is 1. The maximum Gasteiger partial charge on any atom is 0.250 e. The number of carbonyl (C=O) groups is 1. The van der Waals surface area contributed by atoms with Crippen LogP contribution in [0.5, 0.6) is 0 Å². The standard InChI is InChI=1S/C16H25N3O4S/c1-12(2)19-24(21,22)11-14-6-4-3-5-13(14)9-18-16(20)15-10-17-7-8-23-15/h3-6,12,15,17,19H,7-11H2,1-2H3,(H,18,20). The summed E-state index contributed by atoms with van der Waals surface area (Å²) in [5, 5.41) is 5.92. The van der Waals surface area contributed by atoms with Crippen molar-refractivity contribution in [3.8, 4) is 0 Å². The Balaban J connectivity index is 1.99. The molecule has 1 aliphatic rings. The maximum absolute atomic E-state index is 12.1. The van der Waals surface area contributed by atoms with E-state index in [1.165, 1.54) is 0 Å². The van der Waals surface area contributed by atoms with Crippen molar-refractivity contribution in [1.29, 1.82) is 0 Å². The first kappa shape index (κ1) is 18.9. The molecule has 0 aliphatic carbocycles. The third-order valence-corrected chi connectivity index (χ3v) is 5.07. The lowest BCUT2D eigenvalue weighted by atomic mass is 10.1. The van der Waals surface area contributed by atoms with E-state index in [1.807, 2.05) is 12.1 Å². The minimum Gasteiger partial charge on any atom is -0.366 e. The van der Waals surface area contributed by atoms with Gasteiger partial charge in [-0.15, -0.1) is 0 Å². The van der Waals surface area contributed by atoms with Gasteiger partial charge < -0.3 is 15.4 Å². The molecule has 1 aromatic carbocycles. The predicted octanol–water partition coefficient (Wildman–Crippen LogP) is 0.119. The summed E-state index contributed by atoms with van der Waals surface area (Å²) in [5.74, 6) is -0.307. The highest BCUT2D eigenvalue weighted by molar-refractivity contribution is 7.88. The maximum atomic E-state index is 12.1. The number of nitrogens with one attached hydrogen (secondary N) is 3. The smallest absolute Gasteiger partial charge is 0.250 e. The molecule has 2 rings (SSSR count). The Morgan fingerprint density at radius 1 is 1.33 bits per heavy atom. The monoisotopic (exact) mass is 355 g/mol. The Labute approximate surface area is 143 Å². The van der Waals surface area contributed by atoms with Gasteiger partial charge in [-0.25, -0.2) is 13.1 Å². The SMILES string of the molecule is CC(C)NS(=O)(=O)Cc1ccccc1CNC(=O)C1CNCCO1. The van der Waals surface area contributed by atoms with Gasteiger partial charge in [0.1, 0.15) is 6.10 Å². The number of hydrogen-bond donors (Lipinski definition) is 3. The van der Waals surface area contributed by atoms with Crippen LogP contribution in [0.1, 0.15) is 25.0 Å². The number of sulfonamides is 1. The van der Waals surface area contributed by atoms with Crippen molar-refractivity contribution in [3.05, 3.63) is 35.4 Å². The Morgan fingerprint density at radius 3 is 2.67 bits per heavy atom. The van der Waals surface area contributed by atoms with Gasteiger partial charge in [0.05, 0.1) is 12.4 Å². The Bertz CT molecular complexity index is 655. The van der Waals surface area contributed by atoms with Gasteiger partial charge in [0.15, 0.2) is 0 Å². The first-order chi connectivity index (χ1) is 11.4. The molecule has 1 aliphatic heterocycles. The normalized spacial score (nSPS) is 18.5. The first-order valence-corrected chi connectivity index (χ1v) is 9.69. The van der Waals surface area contributed by atoms with Crippen molar-refractivity contribution in [2.24, 2.45) is 0 Å². The van der Waals surface area contributed by atoms with Crippen LogP contribution in [0.25, 0.3) is 0 Å². The number of amides is 1. The molecule has 7 nitrogen and oxygen atoms in total. The summed E-state index contributed by atoms with van der Waals surface area (Å²) in [7, 11) is -3.41. The van der Waals surface area contributed by atoms with Crippen LogP contribution >= 0.6 is 0 Å². The van der Waals surface area contributed by atoms with Crippen LogP contribution in [0.3, 0.4) is 0 Å². The van der Waals surface area contributed by atoms with Gasteiger partial charge in [-0.3, -0.25) is 4.79 Å². The Morgan fingerprint density at radius 2 is 2.04 bits per heavy atom. The van der Waals surface area contributed by atoms with E-state index in [-0.39, 0.29) is 24.2 Å². The van der Waals surface area contributed by atoms with Crippen LogP contribution in [-0.4, -0.2) is 46.2 Å². The van der Waals surface area contributed by atoms with Gasteiger partial charge in [0.2, 0.25) is 10.0 Å². The van der Waals surface area contributed by atoms with Crippen molar-refractivity contribution < 1.29 is 17.9 Å². The second-order valence-corrected chi connectivity index (χ2v) is 7.84. The van der Waals surface area contributed by atoms with Gasteiger partial charge in [0.25, 0.3) is 5.91 Å². The Hall–Kier alpha value is -1.48. The largest absolute Gasteiger partial charge is 0.366 e. The van der Waals surface area contributed by atoms with E-state index in [2.05, 4.69) is 15.4 Å². The highest BCUT2D eigenvalue weighted by atomic mass is 32.2. The third-order valence-electron chi connectivity index (χ3n) is 3.55. The highest BCUT2D eigenvalue weighted by Gasteiger charge is 2.22. The van der Waals surface area contributed by atoms with Gasteiger partial charge in [-0.1, -0.05) is 24.3 Å². The van der Waals surface area contributed by atoms with Gasteiger partial charge in [0, 0.05) is 25.7 Å². The summed E-state index contributed by atoms with van der Waals surface area (Å²) in [5.41, 5.74) is 1.46. The summed E-state index contributed by atoms with van der Waals surface area (Å²) in [6.07, 6.45) is -0.503. The van der Waals surface area contributed by atoms with Crippen molar-refractivity contribution in [3.63, 3.8) is 0 Å². The number of benzene rings is 1. The van der Waals surface area contributed by atoms with Gasteiger partial charge in [-0.05, 0) is 25.0 Å². The van der Waals surface area contributed by atoms with Crippen molar-refractivity contribution >= 4 is 15.9 Å². The molecular weight excluding hydrogens is 330 g/mol. The molecule has 0 spiro atoms. The van der Waals surface area contributed by atoms with Crippen LogP contribution in [-0.2, 0) is 31.9 Å². The number of hydrogen-bond acceptors (Lipinski definition) is 5. The lowest BCUT2D eigenvalue weighted by Gasteiger charge is -2.23. The number of morpholine rings is 1. The summed E-state index contributed by atoms with van der Waals surface area (Å²) < 4.78 is 32.2. The van der Waals surface area contributed by atoms with E-state index in [0.29, 0.717) is 18.7 Å². The quantitative estimate of drug-likeness (QED) is 0.646. The van der Waals surface area contributed by atoms with E-state index in [4.69, 9.17) is 4.74 Å². The molecule has 1 aromatic rings. The molecule has 0 bridgehead atoms. The van der Waals surface area contributed by atoms with Crippen LogP contribution in [0.2, 0.25) is 0 Å². The fraction of sp³-hybridized carbons (Fsp3) is 0.562. The average Bonchev–Trinajstić information content (AvgIpc) is 2.53. The van der Waals surface area contributed by atoms with E-state index < -0.39 is 16.1 Å². The molecule has 1 saturated heterocycles. The average molecular weight is 355 g/mol. The van der Waals surface area contributed by atoms with Crippen LogP contribution in [0.15, 0.2) is 24.3 Å². The molecule has 0 aromatic heterocycles. The van der Waals surface area contributed by atoms with Gasteiger partial charge >= 0.3 is 0 Å². The number of ether oxygens (including phenoxy) is 1. The van der Waals surface area contributed by atoms with Crippen molar-refractivity contribution in [2.75, 3.05) is 19.7 Å². The Kier molecular flexibility index (Phi) is 6.73.